The fourth-order valence-corrected chi connectivity index (χ4v) is 3.79. The number of aryl methyl sites for hydroxylation is 3. The Hall–Kier alpha value is -3.17. The van der Waals surface area contributed by atoms with Crippen LogP contribution >= 0.6 is 11.6 Å². The molecule has 10 heteroatoms. The molecule has 0 amide bonds. The topological polar surface area (TPSA) is 88.9 Å². The highest BCUT2D eigenvalue weighted by Gasteiger charge is 2.22. The number of halogens is 1. The van der Waals surface area contributed by atoms with Gasteiger partial charge in [0.2, 0.25) is 5.95 Å². The van der Waals surface area contributed by atoms with Gasteiger partial charge in [-0.15, -0.1) is 0 Å². The van der Waals surface area contributed by atoms with Crippen molar-refractivity contribution in [2.24, 2.45) is 7.05 Å². The lowest BCUT2D eigenvalue weighted by atomic mass is 10.2. The van der Waals surface area contributed by atoms with Crippen molar-refractivity contribution in [1.82, 2.24) is 28.5 Å². The number of hydrogen-bond acceptors (Lipinski definition) is 5. The fraction of sp³-hybridized carbons (Fsp3) is 0.333. The van der Waals surface area contributed by atoms with Crippen LogP contribution in [0.1, 0.15) is 17.0 Å². The molecule has 0 fully saturated rings. The van der Waals surface area contributed by atoms with E-state index in [1.807, 2.05) is 19.9 Å². The van der Waals surface area contributed by atoms with Crippen LogP contribution in [0.25, 0.3) is 17.1 Å². The van der Waals surface area contributed by atoms with Gasteiger partial charge in [-0.2, -0.15) is 10.1 Å². The molecule has 162 valence electrons. The number of ether oxygens (including phenoxy) is 1. The molecule has 1 aromatic carbocycles. The van der Waals surface area contributed by atoms with Gasteiger partial charge >= 0.3 is 5.69 Å². The highest BCUT2D eigenvalue weighted by molar-refractivity contribution is 6.30. The van der Waals surface area contributed by atoms with Crippen molar-refractivity contribution in [3.05, 3.63) is 73.1 Å². The van der Waals surface area contributed by atoms with Gasteiger partial charge in [0.25, 0.3) is 5.56 Å². The van der Waals surface area contributed by atoms with Crippen LogP contribution in [0.2, 0.25) is 5.02 Å². The lowest BCUT2D eigenvalue weighted by Crippen LogP contribution is -2.40. The standard InChI is InChI=1S/C21H23ClN6O3/c1-13-11-14(2)28(24-13)20-23-18-17(26(20)9-10-31-4)19(29)27(21(30)25(18)3)12-15-5-7-16(22)8-6-15/h5-8,11H,9-10,12H2,1-4H3. The van der Waals surface area contributed by atoms with Crippen LogP contribution in [0.15, 0.2) is 39.9 Å². The van der Waals surface area contributed by atoms with Gasteiger partial charge in [0.15, 0.2) is 11.2 Å². The van der Waals surface area contributed by atoms with E-state index in [0.717, 1.165) is 17.0 Å². The van der Waals surface area contributed by atoms with E-state index in [1.54, 1.807) is 47.7 Å². The van der Waals surface area contributed by atoms with E-state index >= 15 is 0 Å². The first-order chi connectivity index (χ1) is 14.8. The van der Waals surface area contributed by atoms with E-state index in [4.69, 9.17) is 16.3 Å². The molecule has 4 rings (SSSR count). The SMILES string of the molecule is COCCn1c(-n2nc(C)cc2C)nc2c1c(=O)n(Cc1ccc(Cl)cc1)c(=O)n2C. The maximum atomic E-state index is 13.5. The average Bonchev–Trinajstić information content (AvgIpc) is 3.28. The Morgan fingerprint density at radius 1 is 1.10 bits per heavy atom. The summed E-state index contributed by atoms with van der Waals surface area (Å²) in [5.74, 6) is 0.467. The van der Waals surface area contributed by atoms with E-state index in [9.17, 15) is 9.59 Å². The quantitative estimate of drug-likeness (QED) is 0.456. The molecule has 9 nitrogen and oxygen atoms in total. The van der Waals surface area contributed by atoms with Crippen molar-refractivity contribution in [3.8, 4) is 5.95 Å². The second kappa shape index (κ2) is 8.16. The molecule has 0 aliphatic rings. The second-order valence-electron chi connectivity index (χ2n) is 7.43. The molecular formula is C21H23ClN6O3. The normalized spacial score (nSPS) is 11.5. The third-order valence-corrected chi connectivity index (χ3v) is 5.44. The molecule has 0 atom stereocenters. The minimum atomic E-state index is -0.441. The second-order valence-corrected chi connectivity index (χ2v) is 7.86. The van der Waals surface area contributed by atoms with Crippen molar-refractivity contribution in [3.63, 3.8) is 0 Å². The van der Waals surface area contributed by atoms with E-state index in [1.165, 1.54) is 9.13 Å². The summed E-state index contributed by atoms with van der Waals surface area (Å²) in [4.78, 5) is 31.1. The zero-order chi connectivity index (χ0) is 22.3. The average molecular weight is 443 g/mol. The molecule has 0 spiro atoms. The maximum Gasteiger partial charge on any atom is 0.332 e. The number of methoxy groups -OCH3 is 1. The van der Waals surface area contributed by atoms with Crippen LogP contribution in [0, 0.1) is 13.8 Å². The van der Waals surface area contributed by atoms with Gasteiger partial charge in [0.05, 0.1) is 18.8 Å². The van der Waals surface area contributed by atoms with Crippen molar-refractivity contribution < 1.29 is 4.74 Å². The Bertz CT molecular complexity index is 1380. The maximum absolute atomic E-state index is 13.5. The number of aromatic nitrogens is 6. The number of nitrogens with zero attached hydrogens (tertiary/aromatic N) is 6. The molecule has 3 aromatic heterocycles. The summed E-state index contributed by atoms with van der Waals surface area (Å²) in [7, 11) is 3.21. The molecule has 0 saturated heterocycles. The molecule has 0 aliphatic carbocycles. The molecule has 0 aliphatic heterocycles. The summed E-state index contributed by atoms with van der Waals surface area (Å²) in [6, 6.07) is 8.98. The summed E-state index contributed by atoms with van der Waals surface area (Å²) < 4.78 is 11.3. The van der Waals surface area contributed by atoms with Gasteiger partial charge in [-0.25, -0.2) is 9.48 Å². The number of hydrogen-bond donors (Lipinski definition) is 0. The largest absolute Gasteiger partial charge is 0.383 e. The van der Waals surface area contributed by atoms with Crippen LogP contribution in [0.5, 0.6) is 0 Å². The minimum Gasteiger partial charge on any atom is -0.383 e. The lowest BCUT2D eigenvalue weighted by Gasteiger charge is -2.11. The zero-order valence-corrected chi connectivity index (χ0v) is 18.5. The summed E-state index contributed by atoms with van der Waals surface area (Å²) in [5.41, 5.74) is 2.28. The van der Waals surface area contributed by atoms with E-state index in [-0.39, 0.29) is 6.54 Å². The van der Waals surface area contributed by atoms with Gasteiger partial charge in [0.1, 0.15) is 0 Å². The first-order valence-electron chi connectivity index (χ1n) is 9.79. The van der Waals surface area contributed by atoms with Crippen molar-refractivity contribution in [1.29, 1.82) is 0 Å². The third-order valence-electron chi connectivity index (χ3n) is 5.18. The van der Waals surface area contributed by atoms with Crippen LogP contribution in [0.4, 0.5) is 0 Å². The first kappa shape index (κ1) is 21.1. The highest BCUT2D eigenvalue weighted by atomic mass is 35.5. The Kier molecular flexibility index (Phi) is 5.55. The van der Waals surface area contributed by atoms with Gasteiger partial charge in [0, 0.05) is 31.4 Å². The molecule has 0 bridgehead atoms. The van der Waals surface area contributed by atoms with Gasteiger partial charge in [-0.1, -0.05) is 23.7 Å². The first-order valence-corrected chi connectivity index (χ1v) is 10.2. The summed E-state index contributed by atoms with van der Waals surface area (Å²) in [6.07, 6.45) is 0. The van der Waals surface area contributed by atoms with Crippen molar-refractivity contribution in [2.75, 3.05) is 13.7 Å². The fourth-order valence-electron chi connectivity index (χ4n) is 3.66. The summed E-state index contributed by atoms with van der Waals surface area (Å²) >= 11 is 5.96. The van der Waals surface area contributed by atoms with E-state index in [0.29, 0.717) is 35.3 Å². The smallest absolute Gasteiger partial charge is 0.332 e. The Balaban J connectivity index is 1.98. The third kappa shape index (κ3) is 3.70. The molecule has 3 heterocycles. The molecular weight excluding hydrogens is 420 g/mol. The molecule has 0 saturated carbocycles. The van der Waals surface area contributed by atoms with Gasteiger partial charge in [-0.3, -0.25) is 13.9 Å². The monoisotopic (exact) mass is 442 g/mol. The number of fused-ring (bicyclic) bond motifs is 1. The van der Waals surface area contributed by atoms with Crippen molar-refractivity contribution >= 4 is 22.8 Å². The predicted octanol–water partition coefficient (Wildman–Crippen LogP) is 2.05. The number of rotatable bonds is 6. The minimum absolute atomic E-state index is 0.128. The van der Waals surface area contributed by atoms with Crippen LogP contribution in [-0.2, 0) is 24.9 Å². The molecule has 0 unspecified atom stereocenters. The molecule has 4 aromatic rings. The highest BCUT2D eigenvalue weighted by Crippen LogP contribution is 2.17. The van der Waals surface area contributed by atoms with Crippen molar-refractivity contribution in [2.45, 2.75) is 26.9 Å². The van der Waals surface area contributed by atoms with E-state index in [2.05, 4.69) is 10.1 Å². The van der Waals surface area contributed by atoms with E-state index < -0.39 is 11.2 Å². The zero-order valence-electron chi connectivity index (χ0n) is 17.8. The van der Waals surface area contributed by atoms with Crippen LogP contribution in [-0.4, -0.2) is 42.2 Å². The molecule has 0 radical (unpaired) electrons. The number of benzene rings is 1. The van der Waals surface area contributed by atoms with Crippen LogP contribution < -0.4 is 11.2 Å². The Labute approximate surface area is 183 Å². The van der Waals surface area contributed by atoms with Gasteiger partial charge in [-0.05, 0) is 37.6 Å². The summed E-state index contributed by atoms with van der Waals surface area (Å²) in [6.45, 7) is 4.69. The Morgan fingerprint density at radius 3 is 2.42 bits per heavy atom. The molecule has 31 heavy (non-hydrogen) atoms. The van der Waals surface area contributed by atoms with Gasteiger partial charge < -0.3 is 9.30 Å². The van der Waals surface area contributed by atoms with Crippen LogP contribution in [0.3, 0.4) is 0 Å². The predicted molar refractivity (Wildman–Crippen MR) is 118 cm³/mol. The summed E-state index contributed by atoms with van der Waals surface area (Å²) in [5, 5.41) is 5.10. The Morgan fingerprint density at radius 2 is 1.81 bits per heavy atom. The molecule has 0 N–H and O–H groups in total. The number of imidazole rings is 1. The lowest BCUT2D eigenvalue weighted by molar-refractivity contribution is 0.188.